The zero-order valence-electron chi connectivity index (χ0n) is 9.02. The first-order chi connectivity index (χ1) is 7.92. The van der Waals surface area contributed by atoms with Crippen LogP contribution in [0.25, 0.3) is 0 Å². The molecular formula is C10H15N3O2S. The molecule has 6 heteroatoms. The smallest absolute Gasteiger partial charge is 0.240 e. The van der Waals surface area contributed by atoms with Crippen molar-refractivity contribution in [3.05, 3.63) is 11.7 Å². The molecule has 0 radical (unpaired) electrons. The first-order valence-electron chi connectivity index (χ1n) is 5.67. The highest BCUT2D eigenvalue weighted by atomic mass is 32.2. The Morgan fingerprint density at radius 3 is 3.12 bits per heavy atom. The summed E-state index contributed by atoms with van der Waals surface area (Å²) in [5.41, 5.74) is 0. The summed E-state index contributed by atoms with van der Waals surface area (Å²) in [7, 11) is 0. The Kier molecular flexibility index (Phi) is 3.12. The minimum Gasteiger partial charge on any atom is -0.368 e. The highest BCUT2D eigenvalue weighted by Crippen LogP contribution is 2.24. The zero-order valence-corrected chi connectivity index (χ0v) is 9.83. The van der Waals surface area contributed by atoms with Gasteiger partial charge >= 0.3 is 0 Å². The molecule has 1 saturated heterocycles. The predicted octanol–water partition coefficient (Wildman–Crippen LogP) is 1.13. The summed E-state index contributed by atoms with van der Waals surface area (Å²) < 4.78 is 10.8. The molecule has 0 spiro atoms. The molecule has 0 amide bonds. The number of aromatic nitrogens is 2. The first kappa shape index (κ1) is 10.6. The number of nitrogens with one attached hydrogen (secondary N) is 1. The van der Waals surface area contributed by atoms with E-state index >= 15 is 0 Å². The van der Waals surface area contributed by atoms with Crippen molar-refractivity contribution in [2.45, 2.75) is 31.5 Å². The predicted molar refractivity (Wildman–Crippen MR) is 60.2 cm³/mol. The van der Waals surface area contributed by atoms with E-state index in [4.69, 9.17) is 9.26 Å². The van der Waals surface area contributed by atoms with Gasteiger partial charge in [0, 0.05) is 17.5 Å². The van der Waals surface area contributed by atoms with E-state index in [9.17, 15) is 0 Å². The molecule has 2 heterocycles. The van der Waals surface area contributed by atoms with Gasteiger partial charge in [-0.15, -0.1) is 0 Å². The van der Waals surface area contributed by atoms with E-state index in [1.54, 1.807) is 0 Å². The van der Waals surface area contributed by atoms with E-state index in [-0.39, 0.29) is 6.10 Å². The second-order valence-electron chi connectivity index (χ2n) is 4.14. The number of rotatable bonds is 4. The van der Waals surface area contributed by atoms with Crippen LogP contribution in [0.15, 0.2) is 4.52 Å². The minimum atomic E-state index is 0.0113. The van der Waals surface area contributed by atoms with Crippen molar-refractivity contribution in [1.29, 1.82) is 0 Å². The lowest BCUT2D eigenvalue weighted by Crippen LogP contribution is -2.17. The van der Waals surface area contributed by atoms with Crippen LogP contribution in [0, 0.1) is 0 Å². The number of hydrogen-bond donors (Lipinski definition) is 1. The quantitative estimate of drug-likeness (QED) is 0.852. The molecule has 5 nitrogen and oxygen atoms in total. The summed E-state index contributed by atoms with van der Waals surface area (Å²) in [5, 5.41) is 7.32. The monoisotopic (exact) mass is 241 g/mol. The molecule has 1 aromatic rings. The molecule has 1 unspecified atom stereocenters. The van der Waals surface area contributed by atoms with Gasteiger partial charge in [0.25, 0.3) is 0 Å². The van der Waals surface area contributed by atoms with Crippen LogP contribution in [0.2, 0.25) is 0 Å². The van der Waals surface area contributed by atoms with E-state index in [0.29, 0.717) is 24.3 Å². The van der Waals surface area contributed by atoms with Crippen LogP contribution in [-0.4, -0.2) is 34.3 Å². The third kappa shape index (κ3) is 2.56. The van der Waals surface area contributed by atoms with Gasteiger partial charge in [0.05, 0.1) is 13.2 Å². The first-order valence-corrected chi connectivity index (χ1v) is 6.82. The van der Waals surface area contributed by atoms with Gasteiger partial charge in [-0.05, 0) is 12.8 Å². The van der Waals surface area contributed by atoms with Crippen molar-refractivity contribution in [1.82, 2.24) is 15.5 Å². The molecule has 1 aliphatic carbocycles. The number of ether oxygens (including phenoxy) is 1. The van der Waals surface area contributed by atoms with E-state index in [0.717, 1.165) is 18.1 Å². The van der Waals surface area contributed by atoms with Gasteiger partial charge in [-0.3, -0.25) is 0 Å². The lowest BCUT2D eigenvalue weighted by molar-refractivity contribution is 0.0677. The second kappa shape index (κ2) is 4.73. The SMILES string of the molecule is C1CSCC(c2noc(CNC3CC3)n2)O1. The Hall–Kier alpha value is -0.590. The molecule has 1 aliphatic heterocycles. The van der Waals surface area contributed by atoms with Crippen LogP contribution in [0.1, 0.15) is 30.7 Å². The average molecular weight is 241 g/mol. The topological polar surface area (TPSA) is 60.2 Å². The van der Waals surface area contributed by atoms with Crippen molar-refractivity contribution >= 4 is 11.8 Å². The van der Waals surface area contributed by atoms with E-state index in [2.05, 4.69) is 15.5 Å². The van der Waals surface area contributed by atoms with E-state index in [1.807, 2.05) is 11.8 Å². The van der Waals surface area contributed by atoms with Crippen LogP contribution >= 0.6 is 11.8 Å². The Morgan fingerprint density at radius 2 is 2.38 bits per heavy atom. The fourth-order valence-corrected chi connectivity index (χ4v) is 2.47. The van der Waals surface area contributed by atoms with Crippen LogP contribution in [0.4, 0.5) is 0 Å². The average Bonchev–Trinajstić information content (AvgIpc) is 3.05. The van der Waals surface area contributed by atoms with Crippen LogP contribution in [0.5, 0.6) is 0 Å². The maximum Gasteiger partial charge on any atom is 0.240 e. The van der Waals surface area contributed by atoms with Gasteiger partial charge in [0.2, 0.25) is 11.7 Å². The number of nitrogens with zero attached hydrogens (tertiary/aromatic N) is 2. The highest BCUT2D eigenvalue weighted by Gasteiger charge is 2.24. The Balaban J connectivity index is 1.57. The van der Waals surface area contributed by atoms with Gasteiger partial charge in [0.1, 0.15) is 6.10 Å². The maximum absolute atomic E-state index is 5.59. The van der Waals surface area contributed by atoms with Crippen molar-refractivity contribution in [3.63, 3.8) is 0 Å². The van der Waals surface area contributed by atoms with Gasteiger partial charge in [-0.25, -0.2) is 0 Å². The summed E-state index contributed by atoms with van der Waals surface area (Å²) in [6.45, 7) is 1.46. The fourth-order valence-electron chi connectivity index (χ4n) is 1.63. The summed E-state index contributed by atoms with van der Waals surface area (Å²) in [6, 6.07) is 0.664. The molecule has 2 fully saturated rings. The summed E-state index contributed by atoms with van der Waals surface area (Å²) in [4.78, 5) is 4.36. The third-order valence-electron chi connectivity index (χ3n) is 2.71. The third-order valence-corrected chi connectivity index (χ3v) is 3.70. The number of thioether (sulfide) groups is 1. The van der Waals surface area contributed by atoms with Crippen molar-refractivity contribution in [3.8, 4) is 0 Å². The molecule has 16 heavy (non-hydrogen) atoms. The van der Waals surface area contributed by atoms with Gasteiger partial charge < -0.3 is 14.6 Å². The van der Waals surface area contributed by atoms with E-state index in [1.165, 1.54) is 12.8 Å². The molecule has 1 aromatic heterocycles. The van der Waals surface area contributed by atoms with Crippen LogP contribution in [0.3, 0.4) is 0 Å². The lowest BCUT2D eigenvalue weighted by atomic mass is 10.4. The molecule has 2 aliphatic rings. The second-order valence-corrected chi connectivity index (χ2v) is 5.29. The number of hydrogen-bond acceptors (Lipinski definition) is 6. The van der Waals surface area contributed by atoms with Crippen molar-refractivity contribution < 1.29 is 9.26 Å². The molecule has 1 atom stereocenters. The standard InChI is InChI=1S/C10H15N3O2S/c1-2-7(1)11-5-9-12-10(13-15-9)8-6-16-4-3-14-8/h7-8,11H,1-6H2. The largest absolute Gasteiger partial charge is 0.368 e. The van der Waals surface area contributed by atoms with Gasteiger partial charge in [-0.1, -0.05) is 5.16 Å². The Bertz CT molecular complexity index is 348. The fraction of sp³-hybridized carbons (Fsp3) is 0.800. The molecule has 0 aromatic carbocycles. The van der Waals surface area contributed by atoms with Gasteiger partial charge in [-0.2, -0.15) is 16.7 Å². The van der Waals surface area contributed by atoms with Crippen molar-refractivity contribution in [2.75, 3.05) is 18.1 Å². The summed E-state index contributed by atoms with van der Waals surface area (Å²) in [6.07, 6.45) is 2.55. The molecule has 1 N–H and O–H groups in total. The molecule has 0 bridgehead atoms. The normalized spacial score (nSPS) is 25.9. The zero-order chi connectivity index (χ0) is 10.8. The molecule has 1 saturated carbocycles. The van der Waals surface area contributed by atoms with Crippen LogP contribution < -0.4 is 5.32 Å². The summed E-state index contributed by atoms with van der Waals surface area (Å²) >= 11 is 1.87. The lowest BCUT2D eigenvalue weighted by Gasteiger charge is -2.18. The Labute approximate surface area is 98.3 Å². The minimum absolute atomic E-state index is 0.0113. The molecular weight excluding hydrogens is 226 g/mol. The highest BCUT2D eigenvalue weighted by molar-refractivity contribution is 7.99. The van der Waals surface area contributed by atoms with Crippen LogP contribution in [-0.2, 0) is 11.3 Å². The van der Waals surface area contributed by atoms with Crippen molar-refractivity contribution in [2.24, 2.45) is 0 Å². The summed E-state index contributed by atoms with van der Waals surface area (Å²) in [5.74, 6) is 3.35. The van der Waals surface area contributed by atoms with E-state index < -0.39 is 0 Å². The maximum atomic E-state index is 5.59. The Morgan fingerprint density at radius 1 is 1.44 bits per heavy atom. The molecule has 88 valence electrons. The van der Waals surface area contributed by atoms with Gasteiger partial charge in [0.15, 0.2) is 0 Å². The molecule has 3 rings (SSSR count).